The van der Waals surface area contributed by atoms with E-state index in [9.17, 15) is 4.79 Å². The van der Waals surface area contributed by atoms with E-state index < -0.39 is 0 Å². The number of rotatable bonds is 2. The third-order valence-electron chi connectivity index (χ3n) is 2.89. The number of aliphatic imine (C=N–C) groups is 1. The fraction of sp³-hybridized carbons (Fsp3) is 0.889. The van der Waals surface area contributed by atoms with E-state index >= 15 is 0 Å². The van der Waals surface area contributed by atoms with Crippen LogP contribution >= 0.6 is 0 Å². The molecule has 0 radical (unpaired) electrons. The van der Waals surface area contributed by atoms with E-state index in [0.717, 1.165) is 26.1 Å². The Hall–Kier alpha value is -0.660. The predicted octanol–water partition coefficient (Wildman–Crippen LogP) is 1.53. The lowest BCUT2D eigenvalue weighted by atomic mass is 9.77. The molecule has 0 aromatic carbocycles. The second kappa shape index (κ2) is 3.83. The Kier molecular flexibility index (Phi) is 3.01. The molecule has 0 spiro atoms. The molecule has 1 fully saturated rings. The quantitative estimate of drug-likeness (QED) is 0.464. The van der Waals surface area contributed by atoms with Crippen molar-refractivity contribution in [1.29, 1.82) is 0 Å². The number of isocyanates is 1. The Balaban J connectivity index is 2.61. The molecule has 1 heterocycles. The van der Waals surface area contributed by atoms with Crippen molar-refractivity contribution >= 4 is 6.08 Å². The predicted molar refractivity (Wildman–Crippen MR) is 45.7 cm³/mol. The van der Waals surface area contributed by atoms with Gasteiger partial charge in [0.15, 0.2) is 0 Å². The highest BCUT2D eigenvalue weighted by molar-refractivity contribution is 5.33. The summed E-state index contributed by atoms with van der Waals surface area (Å²) in [6.45, 7) is 5.70. The first-order chi connectivity index (χ1) is 5.69. The van der Waals surface area contributed by atoms with Crippen molar-refractivity contribution in [3.63, 3.8) is 0 Å². The second-order valence-electron chi connectivity index (χ2n) is 3.66. The zero-order valence-electron chi connectivity index (χ0n) is 7.67. The van der Waals surface area contributed by atoms with Crippen molar-refractivity contribution in [3.8, 4) is 0 Å². The number of carbonyl (C=O) groups excluding carboxylic acids is 1. The van der Waals surface area contributed by atoms with Gasteiger partial charge < -0.3 is 4.74 Å². The molecule has 0 aromatic rings. The molecule has 1 saturated heterocycles. The topological polar surface area (TPSA) is 38.7 Å². The third kappa shape index (κ3) is 1.93. The SMILES string of the molecule is CC(N=C=O)C1(C)CCOCC1. The molecule has 12 heavy (non-hydrogen) atoms. The first-order valence-corrected chi connectivity index (χ1v) is 4.34. The second-order valence-corrected chi connectivity index (χ2v) is 3.66. The molecular formula is C9H15NO2. The molecule has 1 aliphatic heterocycles. The fourth-order valence-electron chi connectivity index (χ4n) is 1.49. The highest BCUT2D eigenvalue weighted by Gasteiger charge is 2.33. The Labute approximate surface area is 72.8 Å². The van der Waals surface area contributed by atoms with Gasteiger partial charge in [0, 0.05) is 13.2 Å². The number of hydrogen-bond donors (Lipinski definition) is 0. The lowest BCUT2D eigenvalue weighted by Gasteiger charge is -2.35. The van der Waals surface area contributed by atoms with Crippen LogP contribution in [0, 0.1) is 5.41 Å². The van der Waals surface area contributed by atoms with Crippen LogP contribution in [0.4, 0.5) is 0 Å². The Morgan fingerprint density at radius 1 is 1.50 bits per heavy atom. The molecule has 0 aliphatic carbocycles. The summed E-state index contributed by atoms with van der Waals surface area (Å²) >= 11 is 0. The Bertz CT molecular complexity index is 191. The van der Waals surface area contributed by atoms with Crippen LogP contribution in [0.15, 0.2) is 4.99 Å². The van der Waals surface area contributed by atoms with Gasteiger partial charge >= 0.3 is 0 Å². The van der Waals surface area contributed by atoms with E-state index in [4.69, 9.17) is 4.74 Å². The number of hydrogen-bond acceptors (Lipinski definition) is 3. The van der Waals surface area contributed by atoms with Gasteiger partial charge in [0.25, 0.3) is 0 Å². The summed E-state index contributed by atoms with van der Waals surface area (Å²) in [6, 6.07) is 0.0684. The van der Waals surface area contributed by atoms with Crippen LogP contribution in [0.25, 0.3) is 0 Å². The Morgan fingerprint density at radius 3 is 2.58 bits per heavy atom. The minimum atomic E-state index is 0.0684. The molecule has 1 aliphatic rings. The molecule has 3 nitrogen and oxygen atoms in total. The van der Waals surface area contributed by atoms with Crippen molar-refractivity contribution in [2.45, 2.75) is 32.7 Å². The summed E-state index contributed by atoms with van der Waals surface area (Å²) in [6.07, 6.45) is 3.60. The minimum absolute atomic E-state index is 0.0684. The van der Waals surface area contributed by atoms with Crippen LogP contribution in [0.3, 0.4) is 0 Å². The van der Waals surface area contributed by atoms with Gasteiger partial charge in [0.1, 0.15) is 0 Å². The van der Waals surface area contributed by atoms with Crippen molar-refractivity contribution in [3.05, 3.63) is 0 Å². The maximum atomic E-state index is 10.1. The van der Waals surface area contributed by atoms with E-state index in [1.807, 2.05) is 6.92 Å². The van der Waals surface area contributed by atoms with Crippen LogP contribution in [0.2, 0.25) is 0 Å². The fourth-order valence-corrected chi connectivity index (χ4v) is 1.49. The van der Waals surface area contributed by atoms with Crippen LogP contribution in [0.5, 0.6) is 0 Å². The highest BCUT2D eigenvalue weighted by Crippen LogP contribution is 2.34. The van der Waals surface area contributed by atoms with E-state index in [1.165, 1.54) is 0 Å². The van der Waals surface area contributed by atoms with Gasteiger partial charge in [0.05, 0.1) is 6.04 Å². The summed E-state index contributed by atoms with van der Waals surface area (Å²) in [5, 5.41) is 0. The van der Waals surface area contributed by atoms with Crippen molar-refractivity contribution in [2.24, 2.45) is 10.4 Å². The lowest BCUT2D eigenvalue weighted by molar-refractivity contribution is 0.0143. The van der Waals surface area contributed by atoms with Crippen LogP contribution in [-0.4, -0.2) is 25.3 Å². The third-order valence-corrected chi connectivity index (χ3v) is 2.89. The van der Waals surface area contributed by atoms with E-state index in [2.05, 4.69) is 11.9 Å². The largest absolute Gasteiger partial charge is 0.381 e. The van der Waals surface area contributed by atoms with Crippen LogP contribution < -0.4 is 0 Å². The molecule has 1 rings (SSSR count). The molecule has 0 aromatic heterocycles. The van der Waals surface area contributed by atoms with Gasteiger partial charge in [-0.25, -0.2) is 9.79 Å². The zero-order chi connectivity index (χ0) is 9.03. The van der Waals surface area contributed by atoms with Crippen molar-refractivity contribution < 1.29 is 9.53 Å². The van der Waals surface area contributed by atoms with Crippen molar-refractivity contribution in [1.82, 2.24) is 0 Å². The standard InChI is InChI=1S/C9H15NO2/c1-8(10-7-11)9(2)3-5-12-6-4-9/h8H,3-6H2,1-2H3. The summed E-state index contributed by atoms with van der Waals surface area (Å²) < 4.78 is 5.25. The smallest absolute Gasteiger partial charge is 0.235 e. The summed E-state index contributed by atoms with van der Waals surface area (Å²) in [5.74, 6) is 0. The first-order valence-electron chi connectivity index (χ1n) is 4.34. The van der Waals surface area contributed by atoms with Gasteiger partial charge in [-0.1, -0.05) is 6.92 Å². The average molecular weight is 169 g/mol. The average Bonchev–Trinajstić information content (AvgIpc) is 2.06. The monoisotopic (exact) mass is 169 g/mol. The molecule has 1 unspecified atom stereocenters. The molecule has 1 atom stereocenters. The number of nitrogens with zero attached hydrogens (tertiary/aromatic N) is 1. The zero-order valence-corrected chi connectivity index (χ0v) is 7.67. The first kappa shape index (κ1) is 9.43. The summed E-state index contributed by atoms with van der Waals surface area (Å²) in [5.41, 5.74) is 0.135. The molecular weight excluding hydrogens is 154 g/mol. The highest BCUT2D eigenvalue weighted by atomic mass is 16.5. The van der Waals surface area contributed by atoms with Gasteiger partial charge in [-0.05, 0) is 25.2 Å². The van der Waals surface area contributed by atoms with Gasteiger partial charge in [-0.2, -0.15) is 0 Å². The minimum Gasteiger partial charge on any atom is -0.381 e. The molecule has 3 heteroatoms. The molecule has 68 valence electrons. The van der Waals surface area contributed by atoms with Gasteiger partial charge in [-0.3, -0.25) is 0 Å². The molecule has 0 amide bonds. The summed E-state index contributed by atoms with van der Waals surface area (Å²) in [7, 11) is 0. The molecule has 0 saturated carbocycles. The maximum Gasteiger partial charge on any atom is 0.235 e. The normalized spacial score (nSPS) is 24.2. The summed E-state index contributed by atoms with van der Waals surface area (Å²) in [4.78, 5) is 13.8. The maximum absolute atomic E-state index is 10.1. The van der Waals surface area contributed by atoms with Crippen molar-refractivity contribution in [2.75, 3.05) is 13.2 Å². The van der Waals surface area contributed by atoms with Gasteiger partial charge in [0.2, 0.25) is 6.08 Å². The number of ether oxygens (including phenoxy) is 1. The van der Waals surface area contributed by atoms with Crippen LogP contribution in [-0.2, 0) is 9.53 Å². The lowest BCUT2D eigenvalue weighted by Crippen LogP contribution is -2.35. The van der Waals surface area contributed by atoms with E-state index in [-0.39, 0.29) is 11.5 Å². The van der Waals surface area contributed by atoms with E-state index in [1.54, 1.807) is 6.08 Å². The molecule has 0 N–H and O–H groups in total. The van der Waals surface area contributed by atoms with Crippen LogP contribution in [0.1, 0.15) is 26.7 Å². The molecule has 0 bridgehead atoms. The van der Waals surface area contributed by atoms with E-state index in [0.29, 0.717) is 0 Å². The van der Waals surface area contributed by atoms with Gasteiger partial charge in [-0.15, -0.1) is 0 Å². The Morgan fingerprint density at radius 2 is 2.08 bits per heavy atom.